The molecule has 0 aliphatic carbocycles. The molecular weight excluding hydrogens is 252 g/mol. The van der Waals surface area contributed by atoms with Gasteiger partial charge in [0, 0.05) is 0 Å². The van der Waals surface area contributed by atoms with E-state index in [4.69, 9.17) is 10.2 Å². The van der Waals surface area contributed by atoms with Crippen molar-refractivity contribution < 1.29 is 9.21 Å². The van der Waals surface area contributed by atoms with E-state index in [9.17, 15) is 4.79 Å². The minimum Gasteiger partial charge on any atom is -0.467 e. The van der Waals surface area contributed by atoms with Crippen LogP contribution in [0.3, 0.4) is 0 Å². The van der Waals surface area contributed by atoms with E-state index in [0.29, 0.717) is 5.76 Å². The predicted molar refractivity (Wildman–Crippen MR) is 77.9 cm³/mol. The van der Waals surface area contributed by atoms with Crippen molar-refractivity contribution in [3.8, 4) is 0 Å². The van der Waals surface area contributed by atoms with Gasteiger partial charge in [0.1, 0.15) is 11.8 Å². The lowest BCUT2D eigenvalue weighted by molar-refractivity contribution is -0.123. The fraction of sp³-hybridized carbons (Fsp3) is 0.312. The van der Waals surface area contributed by atoms with Crippen molar-refractivity contribution in [2.45, 2.75) is 25.9 Å². The van der Waals surface area contributed by atoms with E-state index < -0.39 is 6.04 Å². The summed E-state index contributed by atoms with van der Waals surface area (Å²) in [5.41, 5.74) is 6.86. The fourth-order valence-electron chi connectivity index (χ4n) is 1.96. The van der Waals surface area contributed by atoms with Gasteiger partial charge in [-0.25, -0.2) is 0 Å². The van der Waals surface area contributed by atoms with Crippen molar-refractivity contribution in [2.75, 3.05) is 0 Å². The molecule has 1 unspecified atom stereocenters. The third kappa shape index (κ3) is 3.27. The van der Waals surface area contributed by atoms with Crippen LogP contribution in [0.1, 0.15) is 31.2 Å². The van der Waals surface area contributed by atoms with Crippen LogP contribution in [0.25, 0.3) is 0 Å². The average Bonchev–Trinajstić information content (AvgIpc) is 2.98. The number of carbonyl (C=O) groups is 1. The van der Waals surface area contributed by atoms with Crippen LogP contribution in [0, 0.1) is 5.92 Å². The number of nitrogens with one attached hydrogen (secondary N) is 1. The van der Waals surface area contributed by atoms with Crippen LogP contribution in [-0.4, -0.2) is 11.9 Å². The van der Waals surface area contributed by atoms with Gasteiger partial charge >= 0.3 is 0 Å². The van der Waals surface area contributed by atoms with Gasteiger partial charge in [0.15, 0.2) is 0 Å². The highest BCUT2D eigenvalue weighted by atomic mass is 16.3. The maximum atomic E-state index is 12.2. The van der Waals surface area contributed by atoms with E-state index in [1.54, 1.807) is 12.3 Å². The lowest BCUT2D eigenvalue weighted by Crippen LogP contribution is -2.45. The highest BCUT2D eigenvalue weighted by Crippen LogP contribution is 2.22. The Kier molecular flexibility index (Phi) is 4.58. The molecule has 1 heterocycles. The van der Waals surface area contributed by atoms with Crippen LogP contribution >= 0.6 is 0 Å². The van der Waals surface area contributed by atoms with Crippen molar-refractivity contribution in [2.24, 2.45) is 11.7 Å². The minimum absolute atomic E-state index is 0.0861. The zero-order valence-corrected chi connectivity index (χ0v) is 11.7. The molecule has 3 N–H and O–H groups in total. The Morgan fingerprint density at radius 1 is 1.15 bits per heavy atom. The van der Waals surface area contributed by atoms with Crippen LogP contribution in [0.15, 0.2) is 53.1 Å². The summed E-state index contributed by atoms with van der Waals surface area (Å²) >= 11 is 0. The van der Waals surface area contributed by atoms with Crippen LogP contribution in [0.5, 0.6) is 0 Å². The molecule has 1 aromatic heterocycles. The first-order valence-corrected chi connectivity index (χ1v) is 6.74. The molecule has 4 nitrogen and oxygen atoms in total. The molecule has 1 aromatic carbocycles. The Morgan fingerprint density at radius 2 is 1.85 bits per heavy atom. The van der Waals surface area contributed by atoms with Gasteiger partial charge < -0.3 is 15.5 Å². The molecule has 2 aromatic rings. The standard InChI is InChI=1S/C16H20N2O2/c1-11(2)14(17)16(19)18-15(13-9-6-10-20-13)12-7-4-3-5-8-12/h3-11,14-15H,17H2,1-2H3,(H,18,19)/t14-,15?/m0/s1. The molecule has 0 radical (unpaired) electrons. The smallest absolute Gasteiger partial charge is 0.238 e. The molecule has 0 bridgehead atoms. The Morgan fingerprint density at radius 3 is 2.40 bits per heavy atom. The molecule has 106 valence electrons. The molecule has 0 spiro atoms. The van der Waals surface area contributed by atoms with Crippen molar-refractivity contribution in [3.05, 3.63) is 60.1 Å². The van der Waals surface area contributed by atoms with Crippen molar-refractivity contribution in [1.82, 2.24) is 5.32 Å². The summed E-state index contributed by atoms with van der Waals surface area (Å²) in [6.07, 6.45) is 1.60. The molecule has 1 amide bonds. The number of amides is 1. The SMILES string of the molecule is CC(C)[C@H](N)C(=O)NC(c1ccccc1)c1ccco1. The first-order valence-electron chi connectivity index (χ1n) is 6.74. The van der Waals surface area contributed by atoms with Gasteiger partial charge in [0.2, 0.25) is 5.91 Å². The van der Waals surface area contributed by atoms with Crippen LogP contribution in [0.2, 0.25) is 0 Å². The van der Waals surface area contributed by atoms with E-state index in [1.807, 2.05) is 50.2 Å². The summed E-state index contributed by atoms with van der Waals surface area (Å²) in [7, 11) is 0. The van der Waals surface area contributed by atoms with E-state index in [-0.39, 0.29) is 17.9 Å². The topological polar surface area (TPSA) is 68.3 Å². The van der Waals surface area contributed by atoms with E-state index in [0.717, 1.165) is 5.56 Å². The van der Waals surface area contributed by atoms with Gasteiger partial charge in [0.25, 0.3) is 0 Å². The van der Waals surface area contributed by atoms with Crippen molar-refractivity contribution >= 4 is 5.91 Å². The summed E-state index contributed by atoms with van der Waals surface area (Å²) < 4.78 is 5.44. The largest absolute Gasteiger partial charge is 0.467 e. The summed E-state index contributed by atoms with van der Waals surface area (Å²) in [6, 6.07) is 12.5. The van der Waals surface area contributed by atoms with Gasteiger partial charge in [-0.1, -0.05) is 44.2 Å². The normalized spacial score (nSPS) is 14.0. The van der Waals surface area contributed by atoms with Gasteiger partial charge in [-0.15, -0.1) is 0 Å². The van der Waals surface area contributed by atoms with Gasteiger partial charge in [-0.05, 0) is 23.6 Å². The van der Waals surface area contributed by atoms with Crippen LogP contribution < -0.4 is 11.1 Å². The average molecular weight is 272 g/mol. The van der Waals surface area contributed by atoms with Crippen molar-refractivity contribution in [1.29, 1.82) is 0 Å². The molecule has 0 aliphatic heterocycles. The number of furan rings is 1. The number of carbonyl (C=O) groups excluding carboxylic acids is 1. The van der Waals surface area contributed by atoms with Crippen molar-refractivity contribution in [3.63, 3.8) is 0 Å². The maximum absolute atomic E-state index is 12.2. The number of benzene rings is 1. The monoisotopic (exact) mass is 272 g/mol. The molecule has 0 fully saturated rings. The quantitative estimate of drug-likeness (QED) is 0.878. The molecule has 2 atom stereocenters. The second-order valence-corrected chi connectivity index (χ2v) is 5.14. The molecule has 2 rings (SSSR count). The zero-order chi connectivity index (χ0) is 14.5. The Hall–Kier alpha value is -2.07. The molecule has 20 heavy (non-hydrogen) atoms. The molecule has 0 aliphatic rings. The van der Waals surface area contributed by atoms with E-state index >= 15 is 0 Å². The zero-order valence-electron chi connectivity index (χ0n) is 11.7. The second kappa shape index (κ2) is 6.39. The van der Waals surface area contributed by atoms with E-state index in [1.165, 1.54) is 0 Å². The molecule has 0 saturated carbocycles. The number of hydrogen-bond acceptors (Lipinski definition) is 3. The highest BCUT2D eigenvalue weighted by molar-refractivity contribution is 5.82. The summed E-state index contributed by atoms with van der Waals surface area (Å²) in [4.78, 5) is 12.2. The van der Waals surface area contributed by atoms with Gasteiger partial charge in [0.05, 0.1) is 12.3 Å². The van der Waals surface area contributed by atoms with Crippen LogP contribution in [-0.2, 0) is 4.79 Å². The molecule has 0 saturated heterocycles. The lowest BCUT2D eigenvalue weighted by Gasteiger charge is -2.21. The van der Waals surface area contributed by atoms with Gasteiger partial charge in [-0.3, -0.25) is 4.79 Å². The highest BCUT2D eigenvalue weighted by Gasteiger charge is 2.24. The third-order valence-corrected chi connectivity index (χ3v) is 3.27. The fourth-order valence-corrected chi connectivity index (χ4v) is 1.96. The minimum atomic E-state index is -0.531. The Labute approximate surface area is 119 Å². The predicted octanol–water partition coefficient (Wildman–Crippen LogP) is 2.47. The first kappa shape index (κ1) is 14.3. The maximum Gasteiger partial charge on any atom is 0.238 e. The van der Waals surface area contributed by atoms with Gasteiger partial charge in [-0.2, -0.15) is 0 Å². The summed E-state index contributed by atoms with van der Waals surface area (Å²) in [6.45, 7) is 3.85. The van der Waals surface area contributed by atoms with Crippen LogP contribution in [0.4, 0.5) is 0 Å². The molecule has 4 heteroatoms. The first-order chi connectivity index (χ1) is 9.59. The number of rotatable bonds is 5. The lowest BCUT2D eigenvalue weighted by atomic mass is 10.0. The Balaban J connectivity index is 2.23. The number of hydrogen-bond donors (Lipinski definition) is 2. The second-order valence-electron chi connectivity index (χ2n) is 5.14. The number of nitrogens with two attached hydrogens (primary N) is 1. The van der Waals surface area contributed by atoms with E-state index in [2.05, 4.69) is 5.32 Å². The summed E-state index contributed by atoms with van der Waals surface area (Å²) in [5.74, 6) is 0.605. The Bertz CT molecular complexity index is 535. The molecular formula is C16H20N2O2. The summed E-state index contributed by atoms with van der Waals surface area (Å²) in [5, 5.41) is 2.96. The third-order valence-electron chi connectivity index (χ3n) is 3.27.